The van der Waals surface area contributed by atoms with Crippen LogP contribution in [0.3, 0.4) is 0 Å². The number of esters is 1. The second kappa shape index (κ2) is 10.6. The van der Waals surface area contributed by atoms with E-state index in [2.05, 4.69) is 15.6 Å². The molecule has 3 aromatic rings. The van der Waals surface area contributed by atoms with Gasteiger partial charge in [0.2, 0.25) is 0 Å². The highest BCUT2D eigenvalue weighted by atomic mass is 35.5. The maximum absolute atomic E-state index is 13.2. The maximum atomic E-state index is 13.2. The van der Waals surface area contributed by atoms with Gasteiger partial charge in [-0.25, -0.2) is 13.2 Å². The fourth-order valence-corrected chi connectivity index (χ4v) is 5.73. The van der Waals surface area contributed by atoms with Crippen molar-refractivity contribution >= 4 is 33.1 Å². The average molecular weight is 516 g/mol. The van der Waals surface area contributed by atoms with Crippen LogP contribution in [0.2, 0.25) is 5.02 Å². The van der Waals surface area contributed by atoms with E-state index in [4.69, 9.17) is 21.1 Å². The Morgan fingerprint density at radius 1 is 1.14 bits per heavy atom. The minimum atomic E-state index is -3.81. The number of hydrogen-bond donors (Lipinski definition) is 2. The molecule has 2 aromatic carbocycles. The molecule has 1 aliphatic rings. The SMILES string of the molecule is COC(=O)c1cc(C)c2c(c1)S(=O)(=O)Cc1cc(NCCNCCc3ccccn3)cc(Cl)c1O2. The molecule has 0 bridgehead atoms. The Kier molecular flexibility index (Phi) is 7.59. The molecular formula is C25H26ClN3O5S. The van der Waals surface area contributed by atoms with Gasteiger partial charge in [0, 0.05) is 49.2 Å². The van der Waals surface area contributed by atoms with Gasteiger partial charge in [-0.2, -0.15) is 0 Å². The maximum Gasteiger partial charge on any atom is 0.337 e. The van der Waals surface area contributed by atoms with Gasteiger partial charge >= 0.3 is 5.97 Å². The molecule has 10 heteroatoms. The van der Waals surface area contributed by atoms with Crippen LogP contribution in [0.1, 0.15) is 27.2 Å². The van der Waals surface area contributed by atoms with E-state index in [0.717, 1.165) is 18.7 Å². The summed E-state index contributed by atoms with van der Waals surface area (Å²) in [6, 6.07) is 12.1. The van der Waals surface area contributed by atoms with Crippen LogP contribution < -0.4 is 15.4 Å². The zero-order valence-electron chi connectivity index (χ0n) is 19.4. The fourth-order valence-electron chi connectivity index (χ4n) is 3.88. The molecular weight excluding hydrogens is 490 g/mol. The van der Waals surface area contributed by atoms with Crippen molar-refractivity contribution in [2.45, 2.75) is 24.0 Å². The largest absolute Gasteiger partial charge is 0.465 e. The summed E-state index contributed by atoms with van der Waals surface area (Å²) < 4.78 is 37.2. The van der Waals surface area contributed by atoms with Crippen LogP contribution in [0.5, 0.6) is 11.5 Å². The van der Waals surface area contributed by atoms with Gasteiger partial charge in [-0.15, -0.1) is 0 Å². The van der Waals surface area contributed by atoms with Gasteiger partial charge in [0.25, 0.3) is 0 Å². The minimum Gasteiger partial charge on any atom is -0.465 e. The molecule has 4 rings (SSSR count). The van der Waals surface area contributed by atoms with Crippen molar-refractivity contribution in [3.8, 4) is 11.5 Å². The first-order valence-electron chi connectivity index (χ1n) is 11.1. The van der Waals surface area contributed by atoms with Gasteiger partial charge in [0.1, 0.15) is 16.4 Å². The van der Waals surface area contributed by atoms with E-state index in [0.29, 0.717) is 40.7 Å². The first kappa shape index (κ1) is 25.0. The second-order valence-electron chi connectivity index (χ2n) is 8.17. The Morgan fingerprint density at radius 2 is 1.97 bits per heavy atom. The topological polar surface area (TPSA) is 107 Å². The van der Waals surface area contributed by atoms with Crippen molar-refractivity contribution in [2.24, 2.45) is 0 Å². The van der Waals surface area contributed by atoms with Crippen molar-refractivity contribution in [2.75, 3.05) is 32.1 Å². The lowest BCUT2D eigenvalue weighted by molar-refractivity contribution is 0.0600. The van der Waals surface area contributed by atoms with Crippen molar-refractivity contribution in [3.05, 3.63) is 76.1 Å². The molecule has 0 atom stereocenters. The van der Waals surface area contributed by atoms with Crippen LogP contribution in [0.4, 0.5) is 5.69 Å². The van der Waals surface area contributed by atoms with Gasteiger partial charge < -0.3 is 20.1 Å². The molecule has 0 radical (unpaired) electrons. The molecule has 0 unspecified atom stereocenters. The number of halogens is 1. The van der Waals surface area contributed by atoms with Crippen molar-refractivity contribution in [1.29, 1.82) is 0 Å². The molecule has 1 aromatic heterocycles. The molecule has 8 nitrogen and oxygen atoms in total. The third kappa shape index (κ3) is 5.75. The van der Waals surface area contributed by atoms with E-state index >= 15 is 0 Å². The normalized spacial score (nSPS) is 13.7. The molecule has 1 aliphatic heterocycles. The molecule has 0 amide bonds. The smallest absolute Gasteiger partial charge is 0.337 e. The van der Waals surface area contributed by atoms with Gasteiger partial charge in [0.05, 0.1) is 23.4 Å². The number of rotatable bonds is 8. The molecule has 0 saturated heterocycles. The van der Waals surface area contributed by atoms with Gasteiger partial charge in [-0.05, 0) is 48.9 Å². The first-order chi connectivity index (χ1) is 16.8. The Labute approximate surface area is 209 Å². The number of hydrogen-bond acceptors (Lipinski definition) is 8. The second-order valence-corrected chi connectivity index (χ2v) is 10.5. The van der Waals surface area contributed by atoms with Crippen LogP contribution in [-0.4, -0.2) is 46.1 Å². The lowest BCUT2D eigenvalue weighted by atomic mass is 10.1. The summed E-state index contributed by atoms with van der Waals surface area (Å²) in [5.74, 6) is -0.471. The summed E-state index contributed by atoms with van der Waals surface area (Å²) in [6.07, 6.45) is 2.61. The van der Waals surface area contributed by atoms with Gasteiger partial charge in [0.15, 0.2) is 9.84 Å². The van der Waals surface area contributed by atoms with Crippen LogP contribution in [0.25, 0.3) is 0 Å². The quantitative estimate of drug-likeness (QED) is 0.340. The Balaban J connectivity index is 1.47. The molecule has 2 heterocycles. The number of ether oxygens (including phenoxy) is 2. The van der Waals surface area contributed by atoms with Crippen molar-refractivity contribution in [1.82, 2.24) is 10.3 Å². The predicted octanol–water partition coefficient (Wildman–Crippen LogP) is 4.15. The van der Waals surface area contributed by atoms with Gasteiger partial charge in [-0.1, -0.05) is 17.7 Å². The number of nitrogens with zero attached hydrogens (tertiary/aromatic N) is 1. The molecule has 184 valence electrons. The summed E-state index contributed by atoms with van der Waals surface area (Å²) in [4.78, 5) is 16.2. The number of benzene rings is 2. The van der Waals surface area contributed by atoms with Crippen LogP contribution in [0.15, 0.2) is 53.6 Å². The number of aryl methyl sites for hydroxylation is 1. The van der Waals surface area contributed by atoms with Crippen LogP contribution >= 0.6 is 11.6 Å². The Bertz CT molecular complexity index is 1350. The number of carbonyl (C=O) groups is 1. The highest BCUT2D eigenvalue weighted by molar-refractivity contribution is 7.90. The average Bonchev–Trinajstić information content (AvgIpc) is 2.95. The molecule has 0 saturated carbocycles. The lowest BCUT2D eigenvalue weighted by Gasteiger charge is -2.15. The third-order valence-corrected chi connectivity index (χ3v) is 7.53. The molecule has 35 heavy (non-hydrogen) atoms. The molecule has 2 N–H and O–H groups in total. The minimum absolute atomic E-state index is 0.0585. The first-order valence-corrected chi connectivity index (χ1v) is 13.1. The van der Waals surface area contributed by atoms with E-state index in [1.54, 1.807) is 25.3 Å². The number of carbonyl (C=O) groups excluding carboxylic acids is 1. The number of fused-ring (bicyclic) bond motifs is 2. The van der Waals surface area contributed by atoms with Crippen LogP contribution in [0, 0.1) is 6.92 Å². The van der Waals surface area contributed by atoms with E-state index in [9.17, 15) is 13.2 Å². The molecule has 0 aliphatic carbocycles. The molecule has 0 spiro atoms. The zero-order valence-corrected chi connectivity index (χ0v) is 21.0. The van der Waals surface area contributed by atoms with Crippen molar-refractivity contribution in [3.63, 3.8) is 0 Å². The number of methoxy groups -OCH3 is 1. The standard InChI is InChI=1S/C25H26ClN3O5S/c1-16-11-17(25(30)33-2)13-22-23(16)34-24-18(15-35(22,31)32)12-20(14-21(24)26)29-10-9-27-8-6-19-5-3-4-7-28-19/h3-5,7,11-14,27,29H,6,8-10,15H2,1-2H3. The highest BCUT2D eigenvalue weighted by Crippen LogP contribution is 2.44. The Hall–Kier alpha value is -3.14. The lowest BCUT2D eigenvalue weighted by Crippen LogP contribution is -2.24. The van der Waals surface area contributed by atoms with E-state index in [1.807, 2.05) is 18.2 Å². The third-order valence-electron chi connectivity index (χ3n) is 5.58. The number of aromatic nitrogens is 1. The molecule has 0 fully saturated rings. The number of pyridine rings is 1. The predicted molar refractivity (Wildman–Crippen MR) is 134 cm³/mol. The summed E-state index contributed by atoms with van der Waals surface area (Å²) >= 11 is 6.51. The number of sulfone groups is 1. The Morgan fingerprint density at radius 3 is 2.71 bits per heavy atom. The van der Waals surface area contributed by atoms with Crippen molar-refractivity contribution < 1.29 is 22.7 Å². The number of nitrogens with one attached hydrogen (secondary N) is 2. The van der Waals surface area contributed by atoms with Gasteiger partial charge in [-0.3, -0.25) is 4.98 Å². The van der Waals surface area contributed by atoms with E-state index in [-0.39, 0.29) is 22.0 Å². The monoisotopic (exact) mass is 515 g/mol. The summed E-state index contributed by atoms with van der Waals surface area (Å²) in [7, 11) is -2.56. The zero-order chi connectivity index (χ0) is 25.0. The van der Waals surface area contributed by atoms with Crippen LogP contribution in [-0.2, 0) is 26.7 Å². The summed E-state index contributed by atoms with van der Waals surface area (Å²) in [6.45, 7) is 3.79. The fraction of sp³-hybridized carbons (Fsp3) is 0.280. The van der Waals surface area contributed by atoms with E-state index in [1.165, 1.54) is 19.2 Å². The number of anilines is 1. The summed E-state index contributed by atoms with van der Waals surface area (Å²) in [5.41, 5.74) is 2.80. The van der Waals surface area contributed by atoms with E-state index < -0.39 is 15.8 Å². The summed E-state index contributed by atoms with van der Waals surface area (Å²) in [5, 5.41) is 6.92. The highest BCUT2D eigenvalue weighted by Gasteiger charge is 2.31.